The van der Waals surface area contributed by atoms with Crippen molar-refractivity contribution in [1.29, 1.82) is 0 Å². The second kappa shape index (κ2) is 5.40. The summed E-state index contributed by atoms with van der Waals surface area (Å²) in [5, 5.41) is 10.3. The van der Waals surface area contributed by atoms with Gasteiger partial charge in [0.1, 0.15) is 0 Å². The van der Waals surface area contributed by atoms with Crippen molar-refractivity contribution in [2.45, 2.75) is 25.9 Å². The predicted molar refractivity (Wildman–Crippen MR) is 74.6 cm³/mol. The van der Waals surface area contributed by atoms with Crippen molar-refractivity contribution in [1.82, 2.24) is 15.1 Å². The van der Waals surface area contributed by atoms with E-state index in [0.29, 0.717) is 23.7 Å². The molecule has 1 aliphatic heterocycles. The SMILES string of the molecule is CC1CC(CN)CN1Cc1nnc(-c2cccs2)o1. The van der Waals surface area contributed by atoms with E-state index >= 15 is 0 Å². The van der Waals surface area contributed by atoms with Gasteiger partial charge in [-0.2, -0.15) is 0 Å². The smallest absolute Gasteiger partial charge is 0.257 e. The zero-order valence-corrected chi connectivity index (χ0v) is 11.8. The van der Waals surface area contributed by atoms with Gasteiger partial charge in [0.25, 0.3) is 5.89 Å². The Bertz CT molecular complexity index is 524. The molecule has 2 unspecified atom stereocenters. The van der Waals surface area contributed by atoms with Gasteiger partial charge in [-0.05, 0) is 37.3 Å². The fourth-order valence-corrected chi connectivity index (χ4v) is 3.24. The third-order valence-corrected chi connectivity index (χ3v) is 4.52. The molecule has 2 aromatic rings. The molecule has 0 saturated carbocycles. The zero-order valence-electron chi connectivity index (χ0n) is 11.0. The standard InChI is InChI=1S/C13H18N4OS/c1-9-5-10(6-14)7-17(9)8-12-15-16-13(18-12)11-3-2-4-19-11/h2-4,9-10H,5-8,14H2,1H3. The fourth-order valence-electron chi connectivity index (χ4n) is 2.60. The van der Waals surface area contributed by atoms with Crippen LogP contribution in [0.5, 0.6) is 0 Å². The van der Waals surface area contributed by atoms with Gasteiger partial charge >= 0.3 is 0 Å². The second-order valence-electron chi connectivity index (χ2n) is 5.09. The van der Waals surface area contributed by atoms with Crippen molar-refractivity contribution in [3.63, 3.8) is 0 Å². The molecule has 6 heteroatoms. The van der Waals surface area contributed by atoms with E-state index in [1.165, 1.54) is 0 Å². The molecule has 2 aromatic heterocycles. The predicted octanol–water partition coefficient (Wildman–Crippen LogP) is 1.97. The molecular weight excluding hydrogens is 260 g/mol. The van der Waals surface area contributed by atoms with E-state index in [0.717, 1.165) is 30.9 Å². The highest BCUT2D eigenvalue weighted by molar-refractivity contribution is 7.13. The molecule has 2 N–H and O–H groups in total. The topological polar surface area (TPSA) is 68.2 Å². The molecule has 5 nitrogen and oxygen atoms in total. The van der Waals surface area contributed by atoms with Gasteiger partial charge < -0.3 is 10.2 Å². The van der Waals surface area contributed by atoms with Gasteiger partial charge in [0.05, 0.1) is 11.4 Å². The summed E-state index contributed by atoms with van der Waals surface area (Å²) in [7, 11) is 0. The van der Waals surface area contributed by atoms with Crippen molar-refractivity contribution in [2.24, 2.45) is 11.7 Å². The molecule has 1 fully saturated rings. The maximum Gasteiger partial charge on any atom is 0.257 e. The van der Waals surface area contributed by atoms with Gasteiger partial charge in [-0.3, -0.25) is 4.90 Å². The number of thiophene rings is 1. The number of nitrogens with zero attached hydrogens (tertiary/aromatic N) is 3. The van der Waals surface area contributed by atoms with Gasteiger partial charge in [0.2, 0.25) is 5.89 Å². The Balaban J connectivity index is 1.68. The fraction of sp³-hybridized carbons (Fsp3) is 0.538. The number of aromatic nitrogens is 2. The molecule has 0 spiro atoms. The first-order valence-electron chi connectivity index (χ1n) is 6.56. The normalized spacial score (nSPS) is 24.1. The average molecular weight is 278 g/mol. The van der Waals surface area contributed by atoms with Gasteiger partial charge in [-0.25, -0.2) is 0 Å². The van der Waals surface area contributed by atoms with Gasteiger partial charge in [0.15, 0.2) is 0 Å². The van der Waals surface area contributed by atoms with Crippen molar-refractivity contribution in [3.8, 4) is 10.8 Å². The molecule has 1 aliphatic rings. The molecule has 0 amide bonds. The Labute approximate surface area is 116 Å². The lowest BCUT2D eigenvalue weighted by Crippen LogP contribution is -2.27. The summed E-state index contributed by atoms with van der Waals surface area (Å²) in [4.78, 5) is 3.39. The van der Waals surface area contributed by atoms with E-state index in [1.807, 2.05) is 17.5 Å². The Morgan fingerprint density at radius 2 is 2.42 bits per heavy atom. The lowest BCUT2D eigenvalue weighted by atomic mass is 10.1. The van der Waals surface area contributed by atoms with Crippen LogP contribution in [0.15, 0.2) is 21.9 Å². The summed E-state index contributed by atoms with van der Waals surface area (Å²) in [5.74, 6) is 1.90. The maximum absolute atomic E-state index is 5.74. The highest BCUT2D eigenvalue weighted by atomic mass is 32.1. The quantitative estimate of drug-likeness (QED) is 0.926. The van der Waals surface area contributed by atoms with E-state index in [-0.39, 0.29) is 0 Å². The van der Waals surface area contributed by atoms with Crippen molar-refractivity contribution < 1.29 is 4.42 Å². The number of rotatable bonds is 4. The molecule has 102 valence electrons. The van der Waals surface area contributed by atoms with E-state index < -0.39 is 0 Å². The van der Waals surface area contributed by atoms with Crippen LogP contribution in [-0.4, -0.2) is 34.2 Å². The summed E-state index contributed by atoms with van der Waals surface area (Å²) < 4.78 is 5.72. The molecule has 0 radical (unpaired) electrons. The largest absolute Gasteiger partial charge is 0.419 e. The number of hydrogen-bond donors (Lipinski definition) is 1. The Hall–Kier alpha value is -1.24. The second-order valence-corrected chi connectivity index (χ2v) is 6.04. The zero-order chi connectivity index (χ0) is 13.2. The summed E-state index contributed by atoms with van der Waals surface area (Å²) in [6.45, 7) is 4.72. The van der Waals surface area contributed by atoms with E-state index in [9.17, 15) is 0 Å². The van der Waals surface area contributed by atoms with Crippen LogP contribution >= 0.6 is 11.3 Å². The summed E-state index contributed by atoms with van der Waals surface area (Å²) in [6.07, 6.45) is 1.16. The van der Waals surface area contributed by atoms with Gasteiger partial charge in [0, 0.05) is 12.6 Å². The van der Waals surface area contributed by atoms with E-state index in [4.69, 9.17) is 10.2 Å². The lowest BCUT2D eigenvalue weighted by molar-refractivity contribution is 0.231. The molecule has 0 bridgehead atoms. The monoisotopic (exact) mass is 278 g/mol. The Kier molecular flexibility index (Phi) is 3.63. The first-order valence-corrected chi connectivity index (χ1v) is 7.44. The van der Waals surface area contributed by atoms with Gasteiger partial charge in [-0.1, -0.05) is 6.07 Å². The van der Waals surface area contributed by atoms with E-state index in [1.54, 1.807) is 11.3 Å². The first kappa shape index (κ1) is 12.8. The first-order chi connectivity index (χ1) is 9.26. The summed E-state index contributed by atoms with van der Waals surface area (Å²) in [6, 6.07) is 4.51. The minimum atomic E-state index is 0.533. The highest BCUT2D eigenvalue weighted by Gasteiger charge is 2.29. The Morgan fingerprint density at radius 1 is 1.53 bits per heavy atom. The van der Waals surface area contributed by atoms with E-state index in [2.05, 4.69) is 22.0 Å². The molecular formula is C13H18N4OS. The minimum absolute atomic E-state index is 0.533. The molecule has 3 heterocycles. The van der Waals surface area contributed by atoms with Crippen LogP contribution in [0.3, 0.4) is 0 Å². The van der Waals surface area contributed by atoms with Crippen LogP contribution in [0.2, 0.25) is 0 Å². The third-order valence-electron chi connectivity index (χ3n) is 3.66. The summed E-state index contributed by atoms with van der Waals surface area (Å²) >= 11 is 1.61. The molecule has 19 heavy (non-hydrogen) atoms. The van der Waals surface area contributed by atoms with Crippen LogP contribution in [-0.2, 0) is 6.54 Å². The lowest BCUT2D eigenvalue weighted by Gasteiger charge is -2.18. The number of likely N-dealkylation sites (tertiary alicyclic amines) is 1. The molecule has 3 rings (SSSR count). The molecule has 2 atom stereocenters. The van der Waals surface area contributed by atoms with Crippen LogP contribution in [0.4, 0.5) is 0 Å². The highest BCUT2D eigenvalue weighted by Crippen LogP contribution is 2.26. The number of hydrogen-bond acceptors (Lipinski definition) is 6. The van der Waals surface area contributed by atoms with Gasteiger partial charge in [-0.15, -0.1) is 21.5 Å². The minimum Gasteiger partial charge on any atom is -0.419 e. The van der Waals surface area contributed by atoms with Crippen molar-refractivity contribution >= 4 is 11.3 Å². The molecule has 0 aromatic carbocycles. The number of nitrogens with two attached hydrogens (primary N) is 1. The average Bonchev–Trinajstić information content (AvgIpc) is 3.11. The Morgan fingerprint density at radius 3 is 3.11 bits per heavy atom. The summed E-state index contributed by atoms with van der Waals surface area (Å²) in [5.41, 5.74) is 5.74. The van der Waals surface area contributed by atoms with Crippen molar-refractivity contribution in [3.05, 3.63) is 23.4 Å². The van der Waals surface area contributed by atoms with Crippen LogP contribution in [0.25, 0.3) is 10.8 Å². The van der Waals surface area contributed by atoms with Crippen LogP contribution in [0.1, 0.15) is 19.2 Å². The third kappa shape index (κ3) is 2.70. The van der Waals surface area contributed by atoms with Crippen molar-refractivity contribution in [2.75, 3.05) is 13.1 Å². The molecule has 0 aliphatic carbocycles. The van der Waals surface area contributed by atoms with Crippen LogP contribution in [0, 0.1) is 5.92 Å². The van der Waals surface area contributed by atoms with Crippen LogP contribution < -0.4 is 5.73 Å². The molecule has 1 saturated heterocycles. The maximum atomic E-state index is 5.74.